The Morgan fingerprint density at radius 3 is 2.21 bits per heavy atom. The zero-order valence-corrected chi connectivity index (χ0v) is 15.5. The number of ether oxygens (including phenoxy) is 2. The zero-order valence-electron chi connectivity index (χ0n) is 15.5. The maximum atomic E-state index is 14.4. The summed E-state index contributed by atoms with van der Waals surface area (Å²) in [7, 11) is 0. The molecule has 0 aliphatic rings. The van der Waals surface area contributed by atoms with Gasteiger partial charge in [-0.3, -0.25) is 9.59 Å². The summed E-state index contributed by atoms with van der Waals surface area (Å²) in [4.78, 5) is 24.3. The van der Waals surface area contributed by atoms with Crippen LogP contribution in [0.2, 0.25) is 0 Å². The van der Waals surface area contributed by atoms with Crippen LogP contribution in [0.5, 0.6) is 11.5 Å². The summed E-state index contributed by atoms with van der Waals surface area (Å²) in [6, 6.07) is 12.4. The number of hydrogen-bond acceptors (Lipinski definition) is 6. The Morgan fingerprint density at radius 2 is 1.52 bits per heavy atom. The number of rotatable bonds is 6. The fourth-order valence-electron chi connectivity index (χ4n) is 3.05. The Bertz CT molecular complexity index is 1280. The summed E-state index contributed by atoms with van der Waals surface area (Å²) in [5.74, 6) is 0.960. The maximum absolute atomic E-state index is 14.4. The summed E-state index contributed by atoms with van der Waals surface area (Å²) < 4.78 is 36.2. The lowest BCUT2D eigenvalue weighted by Crippen LogP contribution is -2.21. The van der Waals surface area contributed by atoms with E-state index in [-0.39, 0.29) is 46.3 Å². The molecule has 29 heavy (non-hydrogen) atoms. The molecule has 7 heteroatoms. The van der Waals surface area contributed by atoms with E-state index in [4.69, 9.17) is 18.3 Å². The monoisotopic (exact) mass is 396 g/mol. The van der Waals surface area contributed by atoms with Crippen molar-refractivity contribution in [3.8, 4) is 11.5 Å². The summed E-state index contributed by atoms with van der Waals surface area (Å²) in [5, 5.41) is 0.517. The first kappa shape index (κ1) is 18.7. The molecule has 2 aromatic heterocycles. The predicted molar refractivity (Wildman–Crippen MR) is 106 cm³/mol. The molecule has 0 saturated heterocycles. The highest BCUT2D eigenvalue weighted by Gasteiger charge is 2.15. The number of benzene rings is 2. The molecule has 2 aromatic carbocycles. The van der Waals surface area contributed by atoms with Crippen LogP contribution in [0.3, 0.4) is 0 Å². The zero-order chi connectivity index (χ0) is 20.4. The Morgan fingerprint density at radius 1 is 0.897 bits per heavy atom. The molecule has 2 heterocycles. The molecule has 4 rings (SSSR count). The molecular formula is C22H17FO6. The van der Waals surface area contributed by atoms with E-state index < -0.39 is 6.17 Å². The standard InChI is InChI=1S/C22H17FO6/c1-13-10-16(25)22-19(6-3-7-20(22)29-13)28-12-14(23)11-27-18-5-2-4-17-21(18)15(24)8-9-26-17/h2-10,14H,11-12H2,1H3. The van der Waals surface area contributed by atoms with E-state index in [1.54, 1.807) is 43.3 Å². The average molecular weight is 396 g/mol. The molecular weight excluding hydrogens is 379 g/mol. The first-order valence-corrected chi connectivity index (χ1v) is 8.96. The molecule has 0 spiro atoms. The van der Waals surface area contributed by atoms with Crippen molar-refractivity contribution < 1.29 is 22.7 Å². The second kappa shape index (κ2) is 7.79. The van der Waals surface area contributed by atoms with Crippen LogP contribution < -0.4 is 20.3 Å². The molecule has 4 aromatic rings. The van der Waals surface area contributed by atoms with Crippen LogP contribution in [0.4, 0.5) is 4.39 Å². The molecule has 0 aliphatic carbocycles. The van der Waals surface area contributed by atoms with Gasteiger partial charge in [-0.05, 0) is 31.2 Å². The highest BCUT2D eigenvalue weighted by Crippen LogP contribution is 2.24. The Balaban J connectivity index is 1.47. The van der Waals surface area contributed by atoms with Gasteiger partial charge in [0.1, 0.15) is 52.4 Å². The van der Waals surface area contributed by atoms with E-state index in [2.05, 4.69) is 0 Å². The predicted octanol–water partition coefficient (Wildman–Crippen LogP) is 4.00. The molecule has 148 valence electrons. The Kier molecular flexibility index (Phi) is 5.03. The van der Waals surface area contributed by atoms with Crippen molar-refractivity contribution in [1.29, 1.82) is 0 Å². The second-order valence-corrected chi connectivity index (χ2v) is 6.48. The van der Waals surface area contributed by atoms with Gasteiger partial charge in [0.15, 0.2) is 17.0 Å². The topological polar surface area (TPSA) is 78.9 Å². The lowest BCUT2D eigenvalue weighted by Gasteiger charge is -2.13. The molecule has 0 aliphatic heterocycles. The lowest BCUT2D eigenvalue weighted by atomic mass is 10.2. The van der Waals surface area contributed by atoms with E-state index in [0.29, 0.717) is 16.9 Å². The SMILES string of the molecule is Cc1cc(=O)c2c(OCC(F)COc3cccc4occc(=O)c34)cccc2o1. The first-order valence-electron chi connectivity index (χ1n) is 8.96. The third kappa shape index (κ3) is 3.85. The van der Waals surface area contributed by atoms with Gasteiger partial charge in [-0.1, -0.05) is 12.1 Å². The van der Waals surface area contributed by atoms with Gasteiger partial charge in [-0.15, -0.1) is 0 Å². The van der Waals surface area contributed by atoms with E-state index in [1.165, 1.54) is 18.4 Å². The van der Waals surface area contributed by atoms with Crippen LogP contribution >= 0.6 is 0 Å². The fourth-order valence-corrected chi connectivity index (χ4v) is 3.05. The number of aryl methyl sites for hydroxylation is 1. The highest BCUT2D eigenvalue weighted by atomic mass is 19.1. The van der Waals surface area contributed by atoms with E-state index in [9.17, 15) is 14.0 Å². The molecule has 0 N–H and O–H groups in total. The van der Waals surface area contributed by atoms with Gasteiger partial charge in [0.2, 0.25) is 0 Å². The van der Waals surface area contributed by atoms with Crippen molar-refractivity contribution in [2.75, 3.05) is 13.2 Å². The van der Waals surface area contributed by atoms with Crippen molar-refractivity contribution in [2.24, 2.45) is 0 Å². The minimum absolute atomic E-state index is 0.237. The number of fused-ring (bicyclic) bond motifs is 2. The van der Waals surface area contributed by atoms with Crippen molar-refractivity contribution in [2.45, 2.75) is 13.1 Å². The van der Waals surface area contributed by atoms with E-state index in [1.807, 2.05) is 0 Å². The second-order valence-electron chi connectivity index (χ2n) is 6.48. The maximum Gasteiger partial charge on any atom is 0.196 e. The van der Waals surface area contributed by atoms with Crippen molar-refractivity contribution >= 4 is 21.9 Å². The Labute approximate surface area is 164 Å². The Hall–Kier alpha value is -3.61. The van der Waals surface area contributed by atoms with E-state index >= 15 is 0 Å². The van der Waals surface area contributed by atoms with Crippen molar-refractivity contribution in [3.63, 3.8) is 0 Å². The van der Waals surface area contributed by atoms with Crippen molar-refractivity contribution in [3.05, 3.63) is 81.0 Å². The fraction of sp³-hybridized carbons (Fsp3) is 0.182. The van der Waals surface area contributed by atoms with Gasteiger partial charge in [-0.25, -0.2) is 4.39 Å². The molecule has 0 saturated carbocycles. The highest BCUT2D eigenvalue weighted by molar-refractivity contribution is 5.83. The number of hydrogen-bond donors (Lipinski definition) is 0. The molecule has 0 fully saturated rings. The largest absolute Gasteiger partial charge is 0.489 e. The minimum atomic E-state index is -1.49. The third-order valence-corrected chi connectivity index (χ3v) is 4.33. The molecule has 0 bridgehead atoms. The van der Waals surface area contributed by atoms with Crippen LogP contribution in [0.25, 0.3) is 21.9 Å². The van der Waals surface area contributed by atoms with Gasteiger partial charge in [0.25, 0.3) is 0 Å². The summed E-state index contributed by atoms with van der Waals surface area (Å²) >= 11 is 0. The minimum Gasteiger partial charge on any atom is -0.489 e. The van der Waals surface area contributed by atoms with Crippen LogP contribution in [-0.4, -0.2) is 19.4 Å². The van der Waals surface area contributed by atoms with Gasteiger partial charge < -0.3 is 18.3 Å². The van der Waals surface area contributed by atoms with Crippen LogP contribution in [0.15, 0.2) is 73.2 Å². The van der Waals surface area contributed by atoms with Crippen LogP contribution in [-0.2, 0) is 0 Å². The van der Waals surface area contributed by atoms with Crippen LogP contribution in [0, 0.1) is 6.92 Å². The van der Waals surface area contributed by atoms with Gasteiger partial charge in [0, 0.05) is 12.1 Å². The van der Waals surface area contributed by atoms with E-state index in [0.717, 1.165) is 0 Å². The number of halogens is 1. The molecule has 1 atom stereocenters. The molecule has 0 amide bonds. The van der Waals surface area contributed by atoms with Crippen LogP contribution in [0.1, 0.15) is 5.76 Å². The summed E-state index contributed by atoms with van der Waals surface area (Å²) in [6.45, 7) is 1.02. The molecule has 0 radical (unpaired) electrons. The molecule has 6 nitrogen and oxygen atoms in total. The summed E-state index contributed by atoms with van der Waals surface area (Å²) in [6.07, 6.45) is -0.198. The molecule has 1 unspecified atom stereocenters. The van der Waals surface area contributed by atoms with Crippen molar-refractivity contribution in [1.82, 2.24) is 0 Å². The smallest absolute Gasteiger partial charge is 0.196 e. The number of alkyl halides is 1. The van der Waals surface area contributed by atoms with Gasteiger partial charge >= 0.3 is 0 Å². The lowest BCUT2D eigenvalue weighted by molar-refractivity contribution is 0.136. The van der Waals surface area contributed by atoms with Gasteiger partial charge in [0.05, 0.1) is 6.26 Å². The average Bonchev–Trinajstić information content (AvgIpc) is 2.70. The summed E-state index contributed by atoms with van der Waals surface area (Å²) in [5.41, 5.74) is 0.209. The normalized spacial score (nSPS) is 12.2. The third-order valence-electron chi connectivity index (χ3n) is 4.33. The quantitative estimate of drug-likeness (QED) is 0.490. The van der Waals surface area contributed by atoms with Gasteiger partial charge in [-0.2, -0.15) is 0 Å². The first-order chi connectivity index (χ1) is 14.0.